The maximum absolute atomic E-state index is 5.87. The van der Waals surface area contributed by atoms with Crippen LogP contribution in [0.1, 0.15) is 0 Å². The summed E-state index contributed by atoms with van der Waals surface area (Å²) in [5.74, 6) is 2.05. The highest BCUT2D eigenvalue weighted by molar-refractivity contribution is 14.0. The molecule has 0 radical (unpaired) electrons. The second-order valence-corrected chi connectivity index (χ2v) is 5.06. The maximum Gasteiger partial charge on any atom is 0.213 e. The van der Waals surface area contributed by atoms with E-state index in [4.69, 9.17) is 31.5 Å². The Morgan fingerprint density at radius 1 is 1.24 bits per heavy atom. The van der Waals surface area contributed by atoms with Gasteiger partial charge >= 0.3 is 0 Å². The van der Waals surface area contributed by atoms with Gasteiger partial charge in [-0.3, -0.25) is 0 Å². The van der Waals surface area contributed by atoms with Crippen LogP contribution in [0.2, 0.25) is 5.02 Å². The van der Waals surface area contributed by atoms with Gasteiger partial charge in [0.2, 0.25) is 5.88 Å². The average Bonchev–Trinajstić information content (AvgIpc) is 2.60. The molecule has 0 aliphatic rings. The number of methoxy groups -OCH3 is 2. The molecule has 2 rings (SSSR count). The molecule has 2 aromatic rings. The van der Waals surface area contributed by atoms with E-state index < -0.39 is 0 Å². The van der Waals surface area contributed by atoms with Gasteiger partial charge in [-0.15, -0.1) is 24.0 Å². The molecule has 136 valence electrons. The average molecular weight is 479 g/mol. The van der Waals surface area contributed by atoms with Crippen molar-refractivity contribution < 1.29 is 14.2 Å². The van der Waals surface area contributed by atoms with E-state index in [9.17, 15) is 0 Å². The fourth-order valence-corrected chi connectivity index (χ4v) is 1.96. The van der Waals surface area contributed by atoms with Crippen molar-refractivity contribution in [3.8, 4) is 17.4 Å². The number of pyridine rings is 1. The van der Waals surface area contributed by atoms with Crippen LogP contribution in [0.25, 0.3) is 0 Å². The predicted molar refractivity (Wildman–Crippen MR) is 110 cm³/mol. The Labute approximate surface area is 168 Å². The van der Waals surface area contributed by atoms with Crippen LogP contribution in [0.15, 0.2) is 41.5 Å². The molecule has 0 bridgehead atoms. The summed E-state index contributed by atoms with van der Waals surface area (Å²) in [4.78, 5) is 8.22. The van der Waals surface area contributed by atoms with Gasteiger partial charge < -0.3 is 25.3 Å². The number of aromatic nitrogens is 1. The van der Waals surface area contributed by atoms with Gasteiger partial charge in [0.25, 0.3) is 0 Å². The van der Waals surface area contributed by atoms with E-state index in [-0.39, 0.29) is 29.9 Å². The van der Waals surface area contributed by atoms with Gasteiger partial charge in [-0.25, -0.2) is 9.98 Å². The van der Waals surface area contributed by atoms with Crippen LogP contribution >= 0.6 is 35.6 Å². The third kappa shape index (κ3) is 6.83. The first-order valence-corrected chi connectivity index (χ1v) is 7.53. The molecule has 0 fully saturated rings. The first-order chi connectivity index (χ1) is 11.6. The highest BCUT2D eigenvalue weighted by atomic mass is 127. The molecule has 1 heterocycles. The third-order valence-corrected chi connectivity index (χ3v) is 3.22. The zero-order chi connectivity index (χ0) is 17.4. The maximum atomic E-state index is 5.87. The number of guanidine groups is 1. The van der Waals surface area contributed by atoms with Crippen molar-refractivity contribution in [3.05, 3.63) is 41.6 Å². The molecule has 1 aromatic heterocycles. The summed E-state index contributed by atoms with van der Waals surface area (Å²) in [6.07, 6.45) is 1.52. The lowest BCUT2D eigenvalue weighted by Crippen LogP contribution is -2.24. The van der Waals surface area contributed by atoms with E-state index in [2.05, 4.69) is 15.3 Å². The molecule has 0 aliphatic carbocycles. The molecule has 9 heteroatoms. The SMILES string of the molecule is COc1ccc(OC)c(NC(N)=NCCOc2ccc(Cl)cn2)c1.I. The van der Waals surface area contributed by atoms with Crippen LogP contribution in [0.4, 0.5) is 5.69 Å². The molecule has 0 spiro atoms. The molecule has 3 N–H and O–H groups in total. The van der Waals surface area contributed by atoms with Crippen LogP contribution in [0, 0.1) is 0 Å². The number of anilines is 1. The van der Waals surface area contributed by atoms with Crippen molar-refractivity contribution in [2.45, 2.75) is 0 Å². The zero-order valence-electron chi connectivity index (χ0n) is 13.9. The first kappa shape index (κ1) is 21.1. The van der Waals surface area contributed by atoms with E-state index in [1.165, 1.54) is 6.20 Å². The fraction of sp³-hybridized carbons (Fsp3) is 0.250. The molecule has 1 aromatic carbocycles. The quantitative estimate of drug-likeness (QED) is 0.275. The minimum absolute atomic E-state index is 0. The Hall–Kier alpha value is -1.94. The Balaban J connectivity index is 0.00000312. The molecule has 0 aliphatic heterocycles. The van der Waals surface area contributed by atoms with Crippen molar-refractivity contribution in [3.63, 3.8) is 0 Å². The molecule has 0 saturated heterocycles. The number of nitrogens with zero attached hydrogens (tertiary/aromatic N) is 2. The van der Waals surface area contributed by atoms with Crippen molar-refractivity contribution >= 4 is 47.2 Å². The number of halogens is 2. The molecule has 0 saturated carbocycles. The number of hydrogen-bond donors (Lipinski definition) is 2. The van der Waals surface area contributed by atoms with E-state index in [0.717, 1.165) is 0 Å². The van der Waals surface area contributed by atoms with Gasteiger partial charge in [-0.2, -0.15) is 0 Å². The third-order valence-electron chi connectivity index (χ3n) is 2.99. The molecule has 25 heavy (non-hydrogen) atoms. The number of nitrogens with two attached hydrogens (primary N) is 1. The van der Waals surface area contributed by atoms with Gasteiger partial charge in [0.05, 0.1) is 31.5 Å². The number of hydrogen-bond acceptors (Lipinski definition) is 5. The molecule has 7 nitrogen and oxygen atoms in total. The summed E-state index contributed by atoms with van der Waals surface area (Å²) < 4.78 is 15.9. The van der Waals surface area contributed by atoms with Gasteiger partial charge in [0, 0.05) is 18.3 Å². The van der Waals surface area contributed by atoms with Crippen molar-refractivity contribution in [2.24, 2.45) is 10.7 Å². The molecule has 0 unspecified atom stereocenters. The van der Waals surface area contributed by atoms with Crippen LogP contribution in [-0.4, -0.2) is 38.3 Å². The molecule has 0 atom stereocenters. The van der Waals surface area contributed by atoms with E-state index >= 15 is 0 Å². The van der Waals surface area contributed by atoms with E-state index in [0.29, 0.717) is 41.2 Å². The molecular formula is C16H20ClIN4O3. The Morgan fingerprint density at radius 3 is 2.68 bits per heavy atom. The second-order valence-electron chi connectivity index (χ2n) is 4.62. The van der Waals surface area contributed by atoms with Crippen LogP contribution in [0.5, 0.6) is 17.4 Å². The highest BCUT2D eigenvalue weighted by Gasteiger charge is 2.06. The Bertz CT molecular complexity index is 698. The summed E-state index contributed by atoms with van der Waals surface area (Å²) in [5.41, 5.74) is 6.54. The number of aliphatic imine (C=N–C) groups is 1. The minimum atomic E-state index is 0. The smallest absolute Gasteiger partial charge is 0.213 e. The predicted octanol–water partition coefficient (Wildman–Crippen LogP) is 3.18. The standard InChI is InChI=1S/C16H19ClN4O3.HI/c1-22-12-4-5-14(23-2)13(9-12)21-16(18)19-7-8-24-15-6-3-11(17)10-20-15;/h3-6,9-10H,7-8H2,1-2H3,(H3,18,19,21);1H. The first-order valence-electron chi connectivity index (χ1n) is 7.15. The van der Waals surface area contributed by atoms with Gasteiger partial charge in [0.15, 0.2) is 5.96 Å². The lowest BCUT2D eigenvalue weighted by molar-refractivity contribution is 0.316. The van der Waals surface area contributed by atoms with E-state index in [1.807, 2.05) is 0 Å². The van der Waals surface area contributed by atoms with Gasteiger partial charge in [0.1, 0.15) is 18.1 Å². The summed E-state index contributed by atoms with van der Waals surface area (Å²) >= 11 is 5.75. The second kappa shape index (κ2) is 10.8. The number of benzene rings is 1. The summed E-state index contributed by atoms with van der Waals surface area (Å²) in [6, 6.07) is 8.75. The van der Waals surface area contributed by atoms with Crippen molar-refractivity contribution in [2.75, 3.05) is 32.7 Å². The van der Waals surface area contributed by atoms with Gasteiger partial charge in [-0.05, 0) is 18.2 Å². The normalized spacial score (nSPS) is 10.6. The lowest BCUT2D eigenvalue weighted by Gasteiger charge is -2.12. The van der Waals surface area contributed by atoms with Crippen LogP contribution < -0.4 is 25.3 Å². The van der Waals surface area contributed by atoms with Crippen LogP contribution in [0.3, 0.4) is 0 Å². The zero-order valence-corrected chi connectivity index (χ0v) is 16.9. The monoisotopic (exact) mass is 478 g/mol. The fourth-order valence-electron chi connectivity index (χ4n) is 1.85. The Kier molecular flexibility index (Phi) is 9.14. The summed E-state index contributed by atoms with van der Waals surface area (Å²) in [5, 5.41) is 3.53. The largest absolute Gasteiger partial charge is 0.497 e. The Morgan fingerprint density at radius 2 is 2.04 bits per heavy atom. The van der Waals surface area contributed by atoms with Crippen LogP contribution in [-0.2, 0) is 0 Å². The van der Waals surface area contributed by atoms with Gasteiger partial charge in [-0.1, -0.05) is 11.6 Å². The highest BCUT2D eigenvalue weighted by Crippen LogP contribution is 2.28. The van der Waals surface area contributed by atoms with Crippen molar-refractivity contribution in [1.29, 1.82) is 0 Å². The topological polar surface area (TPSA) is 91.0 Å². The number of ether oxygens (including phenoxy) is 3. The summed E-state index contributed by atoms with van der Waals surface area (Å²) in [7, 11) is 3.17. The molecule has 0 amide bonds. The lowest BCUT2D eigenvalue weighted by atomic mass is 10.2. The summed E-state index contributed by atoms with van der Waals surface area (Å²) in [6.45, 7) is 0.710. The number of nitrogens with one attached hydrogen (secondary N) is 1. The molecular weight excluding hydrogens is 459 g/mol. The number of rotatable bonds is 7. The minimum Gasteiger partial charge on any atom is -0.497 e. The van der Waals surface area contributed by atoms with Crippen molar-refractivity contribution in [1.82, 2.24) is 4.98 Å². The van der Waals surface area contributed by atoms with E-state index in [1.54, 1.807) is 44.6 Å².